The molecule has 0 aliphatic carbocycles. The summed E-state index contributed by atoms with van der Waals surface area (Å²) in [5.41, 5.74) is 0.783. The van der Waals surface area contributed by atoms with Gasteiger partial charge in [-0.1, -0.05) is 25.0 Å². The van der Waals surface area contributed by atoms with Crippen molar-refractivity contribution in [3.63, 3.8) is 0 Å². The molecule has 34 heavy (non-hydrogen) atoms. The van der Waals surface area contributed by atoms with Gasteiger partial charge < -0.3 is 15.4 Å². The number of methoxy groups -OCH3 is 1. The van der Waals surface area contributed by atoms with E-state index in [1.54, 1.807) is 0 Å². The smallest absolute Gasteiger partial charge is 0.255 e. The van der Waals surface area contributed by atoms with Crippen LogP contribution >= 0.6 is 0 Å². The highest BCUT2D eigenvalue weighted by atomic mass is 32.2. The van der Waals surface area contributed by atoms with Gasteiger partial charge in [0.25, 0.3) is 5.91 Å². The van der Waals surface area contributed by atoms with E-state index in [1.807, 2.05) is 0 Å². The van der Waals surface area contributed by atoms with Crippen LogP contribution in [0.1, 0.15) is 41.6 Å². The SMILES string of the molecule is COc1ccc(S(=O)(=O)N2CCCCCC2)cc1C(=O)NCCNC(=O)Cc1ccc(F)cc1. The summed E-state index contributed by atoms with van der Waals surface area (Å²) in [6.07, 6.45) is 3.73. The average Bonchev–Trinajstić information content (AvgIpc) is 3.13. The minimum absolute atomic E-state index is 0.0490. The molecule has 1 aliphatic rings. The summed E-state index contributed by atoms with van der Waals surface area (Å²) in [4.78, 5) is 24.8. The van der Waals surface area contributed by atoms with Gasteiger partial charge in [0, 0.05) is 26.2 Å². The Balaban J connectivity index is 1.59. The lowest BCUT2D eigenvalue weighted by Crippen LogP contribution is -2.35. The fraction of sp³-hybridized carbons (Fsp3) is 0.417. The first kappa shape index (κ1) is 25.6. The molecule has 0 bridgehead atoms. The molecule has 0 saturated carbocycles. The Labute approximate surface area is 199 Å². The summed E-state index contributed by atoms with van der Waals surface area (Å²) in [6.45, 7) is 1.25. The number of nitrogens with zero attached hydrogens (tertiary/aromatic N) is 1. The summed E-state index contributed by atoms with van der Waals surface area (Å²) in [5, 5.41) is 5.36. The zero-order valence-corrected chi connectivity index (χ0v) is 20.0. The highest BCUT2D eigenvalue weighted by Gasteiger charge is 2.27. The fourth-order valence-electron chi connectivity index (χ4n) is 3.78. The molecule has 0 spiro atoms. The van der Waals surface area contributed by atoms with Crippen LogP contribution in [-0.2, 0) is 21.2 Å². The van der Waals surface area contributed by atoms with E-state index in [-0.39, 0.29) is 47.4 Å². The fourth-order valence-corrected chi connectivity index (χ4v) is 5.32. The number of hydrogen-bond donors (Lipinski definition) is 2. The number of nitrogens with one attached hydrogen (secondary N) is 2. The lowest BCUT2D eigenvalue weighted by atomic mass is 10.1. The minimum Gasteiger partial charge on any atom is -0.496 e. The minimum atomic E-state index is -3.72. The van der Waals surface area contributed by atoms with Crippen LogP contribution in [-0.4, -0.2) is 57.8 Å². The molecule has 2 amide bonds. The van der Waals surface area contributed by atoms with Gasteiger partial charge in [-0.25, -0.2) is 12.8 Å². The van der Waals surface area contributed by atoms with Gasteiger partial charge in [0.05, 0.1) is 24.0 Å². The number of hydrogen-bond acceptors (Lipinski definition) is 5. The van der Waals surface area contributed by atoms with Crippen molar-refractivity contribution in [2.45, 2.75) is 37.0 Å². The molecule has 2 N–H and O–H groups in total. The molecule has 0 aromatic heterocycles. The van der Waals surface area contributed by atoms with E-state index in [9.17, 15) is 22.4 Å². The zero-order valence-electron chi connectivity index (χ0n) is 19.2. The van der Waals surface area contributed by atoms with Gasteiger partial charge in [-0.05, 0) is 48.7 Å². The van der Waals surface area contributed by atoms with Gasteiger partial charge in [-0.2, -0.15) is 4.31 Å². The van der Waals surface area contributed by atoms with E-state index < -0.39 is 15.9 Å². The van der Waals surface area contributed by atoms with Crippen molar-refractivity contribution in [1.82, 2.24) is 14.9 Å². The van der Waals surface area contributed by atoms with E-state index in [2.05, 4.69) is 10.6 Å². The Morgan fingerprint density at radius 3 is 2.26 bits per heavy atom. The number of benzene rings is 2. The summed E-state index contributed by atoms with van der Waals surface area (Å²) < 4.78 is 45.9. The molecule has 2 aromatic rings. The van der Waals surface area contributed by atoms with Gasteiger partial charge in [-0.15, -0.1) is 0 Å². The van der Waals surface area contributed by atoms with Gasteiger partial charge in [0.15, 0.2) is 0 Å². The second kappa shape index (κ2) is 11.9. The molecule has 0 atom stereocenters. The van der Waals surface area contributed by atoms with Crippen LogP contribution in [0, 0.1) is 5.82 Å². The predicted molar refractivity (Wildman–Crippen MR) is 126 cm³/mol. The van der Waals surface area contributed by atoms with Crippen molar-refractivity contribution in [2.24, 2.45) is 0 Å². The Kier molecular flexibility index (Phi) is 9.00. The van der Waals surface area contributed by atoms with Gasteiger partial charge in [-0.3, -0.25) is 9.59 Å². The maximum absolute atomic E-state index is 13.1. The van der Waals surface area contributed by atoms with Gasteiger partial charge >= 0.3 is 0 Å². The quantitative estimate of drug-likeness (QED) is 0.525. The molecule has 2 aromatic carbocycles. The molecule has 184 valence electrons. The molecule has 8 nitrogen and oxygen atoms in total. The second-order valence-electron chi connectivity index (χ2n) is 8.09. The molecule has 3 rings (SSSR count). The molecule has 1 aliphatic heterocycles. The van der Waals surface area contributed by atoms with Crippen molar-refractivity contribution in [3.05, 3.63) is 59.4 Å². The number of halogens is 1. The molecule has 1 heterocycles. The van der Waals surface area contributed by atoms with E-state index in [1.165, 1.54) is 53.9 Å². The molecule has 1 fully saturated rings. The normalized spacial score (nSPS) is 14.8. The van der Waals surface area contributed by atoms with Crippen LogP contribution < -0.4 is 15.4 Å². The topological polar surface area (TPSA) is 105 Å². The van der Waals surface area contributed by atoms with Crippen LogP contribution in [0.2, 0.25) is 0 Å². The van der Waals surface area contributed by atoms with Crippen molar-refractivity contribution in [3.8, 4) is 5.75 Å². The van der Waals surface area contributed by atoms with E-state index in [4.69, 9.17) is 4.74 Å². The molecule has 0 radical (unpaired) electrons. The highest BCUT2D eigenvalue weighted by Crippen LogP contribution is 2.26. The first-order valence-corrected chi connectivity index (χ1v) is 12.7. The summed E-state index contributed by atoms with van der Waals surface area (Å²) >= 11 is 0. The van der Waals surface area contributed by atoms with E-state index in [0.717, 1.165) is 25.7 Å². The first-order valence-electron chi connectivity index (χ1n) is 11.3. The maximum Gasteiger partial charge on any atom is 0.255 e. The molecular weight excluding hydrogens is 461 g/mol. The lowest BCUT2D eigenvalue weighted by Gasteiger charge is -2.20. The van der Waals surface area contributed by atoms with Crippen LogP contribution in [0.25, 0.3) is 0 Å². The Morgan fingerprint density at radius 1 is 0.971 bits per heavy atom. The van der Waals surface area contributed by atoms with Crippen molar-refractivity contribution < 1.29 is 27.1 Å². The van der Waals surface area contributed by atoms with Crippen molar-refractivity contribution >= 4 is 21.8 Å². The summed E-state index contributed by atoms with van der Waals surface area (Å²) in [7, 11) is -2.31. The summed E-state index contributed by atoms with van der Waals surface area (Å²) in [5.74, 6) is -0.875. The monoisotopic (exact) mass is 491 g/mol. The number of rotatable bonds is 9. The Hall–Kier alpha value is -2.98. The van der Waals surface area contributed by atoms with Gasteiger partial charge in [0.1, 0.15) is 11.6 Å². The average molecular weight is 492 g/mol. The van der Waals surface area contributed by atoms with Crippen LogP contribution in [0.15, 0.2) is 47.4 Å². The van der Waals surface area contributed by atoms with E-state index >= 15 is 0 Å². The third-order valence-corrected chi connectivity index (χ3v) is 7.52. The zero-order chi connectivity index (χ0) is 24.6. The van der Waals surface area contributed by atoms with E-state index in [0.29, 0.717) is 18.7 Å². The molecular formula is C24H30FN3O5S. The number of ether oxygens (including phenoxy) is 1. The standard InChI is InChI=1S/C24H30FN3O5S/c1-33-22-11-10-20(34(31,32)28-14-4-2-3-5-15-28)17-21(22)24(30)27-13-12-26-23(29)16-18-6-8-19(25)9-7-18/h6-11,17H,2-5,12-16H2,1H3,(H,26,29)(H,27,30). The number of amides is 2. The van der Waals surface area contributed by atoms with Crippen molar-refractivity contribution in [2.75, 3.05) is 33.3 Å². The van der Waals surface area contributed by atoms with Crippen molar-refractivity contribution in [1.29, 1.82) is 0 Å². The van der Waals surface area contributed by atoms with Crippen LogP contribution in [0.5, 0.6) is 5.75 Å². The number of carbonyl (C=O) groups is 2. The number of carbonyl (C=O) groups excluding carboxylic acids is 2. The van der Waals surface area contributed by atoms with Crippen LogP contribution in [0.3, 0.4) is 0 Å². The largest absolute Gasteiger partial charge is 0.496 e. The number of sulfonamides is 1. The Morgan fingerprint density at radius 2 is 1.62 bits per heavy atom. The lowest BCUT2D eigenvalue weighted by molar-refractivity contribution is -0.120. The Bertz CT molecular complexity index is 1100. The molecule has 1 saturated heterocycles. The first-order chi connectivity index (χ1) is 16.3. The molecule has 0 unspecified atom stereocenters. The predicted octanol–water partition coefficient (Wildman–Crippen LogP) is 2.49. The molecule has 10 heteroatoms. The third-order valence-electron chi connectivity index (χ3n) is 5.63. The second-order valence-corrected chi connectivity index (χ2v) is 10.0. The summed E-state index contributed by atoms with van der Waals surface area (Å²) in [6, 6.07) is 9.91. The van der Waals surface area contributed by atoms with Crippen LogP contribution in [0.4, 0.5) is 4.39 Å². The maximum atomic E-state index is 13.1. The third kappa shape index (κ3) is 6.77. The highest BCUT2D eigenvalue weighted by molar-refractivity contribution is 7.89. The van der Waals surface area contributed by atoms with Gasteiger partial charge in [0.2, 0.25) is 15.9 Å².